The number of hydrogen-bond acceptors (Lipinski definition) is 7. The van der Waals surface area contributed by atoms with Crippen molar-refractivity contribution < 1.29 is 27.3 Å². The first kappa shape index (κ1) is 23.5. The number of alkyl carbamates (subject to hydrolysis) is 1. The van der Waals surface area contributed by atoms with Gasteiger partial charge in [0.05, 0.1) is 11.2 Å². The Balaban J connectivity index is 1.66. The third kappa shape index (κ3) is 4.85. The van der Waals surface area contributed by atoms with Gasteiger partial charge in [-0.15, -0.1) is 11.3 Å². The highest BCUT2D eigenvalue weighted by molar-refractivity contribution is 7.91. The Hall–Kier alpha value is -1.14. The number of hydrogen-bond donors (Lipinski definition) is 1. The smallest absolute Gasteiger partial charge is 0.444 e. The summed E-state index contributed by atoms with van der Waals surface area (Å²) in [5.74, 6) is 0. The molecular formula is C19H31BN2O6S2. The van der Waals surface area contributed by atoms with Crippen LogP contribution in [0, 0.1) is 0 Å². The maximum absolute atomic E-state index is 13.1. The van der Waals surface area contributed by atoms with Crippen molar-refractivity contribution in [1.82, 2.24) is 9.62 Å². The molecule has 1 N–H and O–H groups in total. The predicted octanol–water partition coefficient (Wildman–Crippen LogP) is 2.33. The lowest BCUT2D eigenvalue weighted by molar-refractivity contribution is 0.00578. The van der Waals surface area contributed by atoms with E-state index in [1.165, 1.54) is 4.31 Å². The average molecular weight is 458 g/mol. The summed E-state index contributed by atoms with van der Waals surface area (Å²) in [5.41, 5.74) is -1.58. The standard InChI is InChI=1S/C19H31BN2O6S2/c1-17(2,3)26-16(23)21-13-10-11-22(12-13)30(24,25)15-9-8-14(29-15)20-27-18(4,5)19(6,7)28-20/h8-9,13H,10-12H2,1-7H3,(H,21,23)/t13-/m1/s1. The molecule has 1 atom stereocenters. The molecule has 2 saturated heterocycles. The summed E-state index contributed by atoms with van der Waals surface area (Å²) in [4.78, 5) is 12.0. The molecule has 30 heavy (non-hydrogen) atoms. The van der Waals surface area contributed by atoms with Crippen molar-refractivity contribution in [3.05, 3.63) is 12.1 Å². The van der Waals surface area contributed by atoms with Crippen molar-refractivity contribution in [3.8, 4) is 0 Å². The minimum absolute atomic E-state index is 0.214. The third-order valence-electron chi connectivity index (χ3n) is 5.55. The van der Waals surface area contributed by atoms with Crippen molar-refractivity contribution >= 4 is 39.3 Å². The minimum atomic E-state index is -3.66. The Morgan fingerprint density at radius 3 is 2.40 bits per heavy atom. The molecule has 3 rings (SSSR count). The maximum atomic E-state index is 13.1. The Kier molecular flexibility index (Phi) is 6.10. The third-order valence-corrected chi connectivity index (χ3v) is 8.99. The van der Waals surface area contributed by atoms with Gasteiger partial charge in [0.25, 0.3) is 10.0 Å². The van der Waals surface area contributed by atoms with Gasteiger partial charge in [0, 0.05) is 23.9 Å². The van der Waals surface area contributed by atoms with Gasteiger partial charge < -0.3 is 19.4 Å². The second-order valence-corrected chi connectivity index (χ2v) is 13.0. The van der Waals surface area contributed by atoms with E-state index in [1.54, 1.807) is 32.9 Å². The molecule has 0 unspecified atom stereocenters. The summed E-state index contributed by atoms with van der Waals surface area (Å²) < 4.78 is 45.8. The molecule has 168 valence electrons. The SMILES string of the molecule is CC(C)(C)OC(=O)N[C@@H]1CCN(S(=O)(=O)c2ccc(B3OC(C)(C)C(C)(C)O3)s2)C1. The number of thiophene rings is 1. The molecule has 1 aromatic heterocycles. The fraction of sp³-hybridized carbons (Fsp3) is 0.737. The topological polar surface area (TPSA) is 94.2 Å². The van der Waals surface area contributed by atoms with Crippen LogP contribution in [0.3, 0.4) is 0 Å². The Morgan fingerprint density at radius 1 is 1.23 bits per heavy atom. The quantitative estimate of drug-likeness (QED) is 0.697. The van der Waals surface area contributed by atoms with Crippen molar-refractivity contribution in [3.63, 3.8) is 0 Å². The van der Waals surface area contributed by atoms with Gasteiger partial charge in [-0.2, -0.15) is 4.31 Å². The van der Waals surface area contributed by atoms with Gasteiger partial charge in [-0.3, -0.25) is 0 Å². The van der Waals surface area contributed by atoms with E-state index in [4.69, 9.17) is 14.0 Å². The second-order valence-electron chi connectivity index (χ2n) is 9.74. The number of ether oxygens (including phenoxy) is 1. The molecule has 0 radical (unpaired) electrons. The van der Waals surface area contributed by atoms with Crippen LogP contribution in [0.2, 0.25) is 0 Å². The predicted molar refractivity (Wildman–Crippen MR) is 117 cm³/mol. The van der Waals surface area contributed by atoms with Crippen LogP contribution in [0.1, 0.15) is 54.9 Å². The van der Waals surface area contributed by atoms with Crippen LogP contribution in [0.15, 0.2) is 16.3 Å². The lowest BCUT2D eigenvalue weighted by Gasteiger charge is -2.32. The zero-order chi connectivity index (χ0) is 22.5. The summed E-state index contributed by atoms with van der Waals surface area (Å²) in [6, 6.07) is 3.05. The van der Waals surface area contributed by atoms with Crippen LogP contribution in [-0.2, 0) is 24.1 Å². The van der Waals surface area contributed by atoms with E-state index in [2.05, 4.69) is 5.32 Å². The Bertz CT molecular complexity index is 890. The average Bonchev–Trinajstić information content (AvgIpc) is 3.24. The molecule has 3 heterocycles. The van der Waals surface area contributed by atoms with Crippen LogP contribution in [-0.4, -0.2) is 61.9 Å². The van der Waals surface area contributed by atoms with E-state index < -0.39 is 40.0 Å². The number of carbonyl (C=O) groups is 1. The lowest BCUT2D eigenvalue weighted by atomic mass is 9.88. The van der Waals surface area contributed by atoms with Crippen molar-refractivity contribution in [2.24, 2.45) is 0 Å². The van der Waals surface area contributed by atoms with Crippen LogP contribution in [0.25, 0.3) is 0 Å². The van der Waals surface area contributed by atoms with Gasteiger partial charge in [0.1, 0.15) is 9.81 Å². The number of nitrogens with one attached hydrogen (secondary N) is 1. The second kappa shape index (κ2) is 7.77. The van der Waals surface area contributed by atoms with Gasteiger partial charge in [-0.25, -0.2) is 13.2 Å². The van der Waals surface area contributed by atoms with Gasteiger partial charge in [-0.1, -0.05) is 6.07 Å². The van der Waals surface area contributed by atoms with Crippen molar-refractivity contribution in [1.29, 1.82) is 0 Å². The zero-order valence-corrected chi connectivity index (χ0v) is 20.3. The molecule has 2 aliphatic heterocycles. The largest absolute Gasteiger partial charge is 0.505 e. The van der Waals surface area contributed by atoms with Crippen LogP contribution >= 0.6 is 11.3 Å². The van der Waals surface area contributed by atoms with Crippen LogP contribution in [0.5, 0.6) is 0 Å². The van der Waals surface area contributed by atoms with Crippen molar-refractivity contribution in [2.45, 2.75) is 81.9 Å². The Labute approximate surface area is 183 Å². The van der Waals surface area contributed by atoms with Crippen molar-refractivity contribution in [2.75, 3.05) is 13.1 Å². The molecule has 8 nitrogen and oxygen atoms in total. The first-order chi connectivity index (χ1) is 13.6. The molecule has 0 bridgehead atoms. The molecular weight excluding hydrogens is 427 g/mol. The van der Waals surface area contributed by atoms with Gasteiger partial charge in [0.15, 0.2) is 0 Å². The molecule has 0 aromatic carbocycles. The van der Waals surface area contributed by atoms with E-state index in [9.17, 15) is 13.2 Å². The highest BCUT2D eigenvalue weighted by Gasteiger charge is 2.52. The molecule has 1 amide bonds. The lowest BCUT2D eigenvalue weighted by Crippen LogP contribution is -2.41. The summed E-state index contributed by atoms with van der Waals surface area (Å²) in [7, 11) is -4.25. The number of nitrogens with zero attached hydrogens (tertiary/aromatic N) is 1. The Morgan fingerprint density at radius 2 is 1.83 bits per heavy atom. The molecule has 1 aromatic rings. The van der Waals surface area contributed by atoms with Crippen LogP contribution < -0.4 is 10.1 Å². The zero-order valence-electron chi connectivity index (χ0n) is 18.6. The fourth-order valence-electron chi connectivity index (χ4n) is 3.22. The number of amides is 1. The van der Waals surface area contributed by atoms with E-state index >= 15 is 0 Å². The first-order valence-electron chi connectivity index (χ1n) is 10.1. The van der Waals surface area contributed by atoms with E-state index in [0.717, 1.165) is 16.1 Å². The maximum Gasteiger partial charge on any atom is 0.505 e. The molecule has 0 spiro atoms. The summed E-state index contributed by atoms with van der Waals surface area (Å²) in [6.07, 6.45) is -0.000541. The van der Waals surface area contributed by atoms with Gasteiger partial charge >= 0.3 is 13.2 Å². The summed E-state index contributed by atoms with van der Waals surface area (Å²) in [5, 5.41) is 2.75. The first-order valence-corrected chi connectivity index (χ1v) is 12.3. The number of carbonyl (C=O) groups excluding carboxylic acids is 1. The summed E-state index contributed by atoms with van der Waals surface area (Å²) >= 11 is 1.16. The molecule has 2 aliphatic rings. The monoisotopic (exact) mass is 458 g/mol. The number of rotatable bonds is 4. The van der Waals surface area contributed by atoms with Gasteiger partial charge in [-0.05, 0) is 61.0 Å². The van der Waals surface area contributed by atoms with Crippen LogP contribution in [0.4, 0.5) is 4.79 Å². The molecule has 0 aliphatic carbocycles. The highest BCUT2D eigenvalue weighted by Crippen LogP contribution is 2.37. The van der Waals surface area contributed by atoms with E-state index in [1.807, 2.05) is 27.7 Å². The highest BCUT2D eigenvalue weighted by atomic mass is 32.2. The molecule has 2 fully saturated rings. The minimum Gasteiger partial charge on any atom is -0.444 e. The van der Waals surface area contributed by atoms with E-state index in [0.29, 0.717) is 13.0 Å². The molecule has 11 heteroatoms. The number of sulfonamides is 1. The molecule has 0 saturated carbocycles. The fourth-order valence-corrected chi connectivity index (χ4v) is 6.16. The summed E-state index contributed by atoms with van der Waals surface area (Å²) in [6.45, 7) is 13.7. The normalized spacial score (nSPS) is 24.2. The van der Waals surface area contributed by atoms with Gasteiger partial charge in [0.2, 0.25) is 0 Å². The van der Waals surface area contributed by atoms with E-state index in [-0.39, 0.29) is 16.8 Å².